The summed E-state index contributed by atoms with van der Waals surface area (Å²) in [5, 5.41) is 8.25. The number of ether oxygens (including phenoxy) is 1. The van der Waals surface area contributed by atoms with Crippen LogP contribution in [-0.2, 0) is 4.74 Å². The molecule has 0 unspecified atom stereocenters. The average molecular weight is 400 g/mol. The molecule has 0 atom stereocenters. The molecule has 27 heavy (non-hydrogen) atoms. The number of para-hydroxylation sites is 1. The van der Waals surface area contributed by atoms with Crippen LogP contribution in [0.5, 0.6) is 0 Å². The number of rotatable bonds is 5. The minimum Gasteiger partial charge on any atom is -0.370 e. The molecule has 7 heteroatoms. The van der Waals surface area contributed by atoms with Crippen LogP contribution < -0.4 is 15.5 Å². The number of morpholine rings is 1. The van der Waals surface area contributed by atoms with Gasteiger partial charge in [-0.3, -0.25) is 0 Å². The first-order valence-corrected chi connectivity index (χ1v) is 10.4. The van der Waals surface area contributed by atoms with Gasteiger partial charge in [-0.1, -0.05) is 12.1 Å². The Morgan fingerprint density at radius 1 is 1.11 bits per heavy atom. The molecular formula is C20H23N4OS2+. The van der Waals surface area contributed by atoms with Gasteiger partial charge in [-0.25, -0.2) is 4.98 Å². The van der Waals surface area contributed by atoms with E-state index < -0.39 is 0 Å². The maximum atomic E-state index is 5.41. The van der Waals surface area contributed by atoms with Crippen LogP contribution in [0.15, 0.2) is 48.5 Å². The molecule has 1 aliphatic heterocycles. The maximum absolute atomic E-state index is 5.41. The molecule has 3 aromatic rings. The highest BCUT2D eigenvalue weighted by Crippen LogP contribution is 2.30. The van der Waals surface area contributed by atoms with E-state index in [1.807, 2.05) is 30.3 Å². The predicted molar refractivity (Wildman–Crippen MR) is 116 cm³/mol. The Morgan fingerprint density at radius 3 is 2.67 bits per heavy atom. The lowest BCUT2D eigenvalue weighted by atomic mass is 10.2. The van der Waals surface area contributed by atoms with Gasteiger partial charge in [0.25, 0.3) is 0 Å². The first-order chi connectivity index (χ1) is 13.3. The number of aromatic nitrogens is 1. The maximum Gasteiger partial charge on any atom is 0.170 e. The van der Waals surface area contributed by atoms with Gasteiger partial charge in [-0.2, -0.15) is 0 Å². The zero-order valence-electron chi connectivity index (χ0n) is 15.0. The molecule has 0 spiro atoms. The average Bonchev–Trinajstić information content (AvgIpc) is 3.13. The number of hydrogen-bond acceptors (Lipinski definition) is 4. The van der Waals surface area contributed by atoms with Gasteiger partial charge in [0.15, 0.2) is 5.11 Å². The van der Waals surface area contributed by atoms with Crippen LogP contribution in [0.4, 0.5) is 5.69 Å². The normalized spacial score (nSPS) is 15.0. The zero-order valence-corrected chi connectivity index (χ0v) is 16.7. The number of nitrogens with zero attached hydrogens (tertiary/aromatic N) is 1. The summed E-state index contributed by atoms with van der Waals surface area (Å²) in [6, 6.07) is 16.5. The van der Waals surface area contributed by atoms with Gasteiger partial charge in [0.05, 0.1) is 36.5 Å². The molecule has 3 N–H and O–H groups in total. The third-order valence-electron chi connectivity index (χ3n) is 4.65. The topological polar surface area (TPSA) is 50.6 Å². The van der Waals surface area contributed by atoms with Crippen molar-refractivity contribution >= 4 is 44.6 Å². The molecule has 2 aromatic carbocycles. The highest BCUT2D eigenvalue weighted by atomic mass is 32.1. The van der Waals surface area contributed by atoms with Crippen molar-refractivity contribution < 1.29 is 9.64 Å². The number of nitrogens with one attached hydrogen (secondary N) is 3. The fourth-order valence-corrected chi connectivity index (χ4v) is 4.32. The first kappa shape index (κ1) is 18.3. The number of anilines is 1. The number of benzene rings is 2. The van der Waals surface area contributed by atoms with E-state index in [-0.39, 0.29) is 0 Å². The highest BCUT2D eigenvalue weighted by Gasteiger charge is 2.13. The highest BCUT2D eigenvalue weighted by molar-refractivity contribution is 7.80. The second-order valence-electron chi connectivity index (χ2n) is 6.56. The molecule has 1 aliphatic rings. The summed E-state index contributed by atoms with van der Waals surface area (Å²) in [7, 11) is 0. The molecule has 0 bridgehead atoms. The van der Waals surface area contributed by atoms with Crippen molar-refractivity contribution in [3.63, 3.8) is 0 Å². The second-order valence-corrected chi connectivity index (χ2v) is 8.00. The van der Waals surface area contributed by atoms with Crippen molar-refractivity contribution in [2.24, 2.45) is 0 Å². The molecule has 4 rings (SSSR count). The smallest absolute Gasteiger partial charge is 0.170 e. The number of fused-ring (bicyclic) bond motifs is 1. The van der Waals surface area contributed by atoms with E-state index in [1.54, 1.807) is 16.2 Å². The Labute approximate surface area is 168 Å². The summed E-state index contributed by atoms with van der Waals surface area (Å²) in [4.78, 5) is 6.27. The predicted octanol–water partition coefficient (Wildman–Crippen LogP) is 2.16. The fraction of sp³-hybridized carbons (Fsp3) is 0.300. The van der Waals surface area contributed by atoms with Gasteiger partial charge >= 0.3 is 0 Å². The lowest BCUT2D eigenvalue weighted by Gasteiger charge is -2.24. The SMILES string of the molecule is S=C(NCC[NH+]1CCOCC1)Nc1ccc(-c2nc3ccccc3s2)cc1. The number of thiocarbonyl (C=S) groups is 1. The van der Waals surface area contributed by atoms with Crippen LogP contribution in [0, 0.1) is 0 Å². The summed E-state index contributed by atoms with van der Waals surface area (Å²) in [6.45, 7) is 5.80. The molecule has 140 valence electrons. The van der Waals surface area contributed by atoms with Crippen molar-refractivity contribution in [3.05, 3.63) is 48.5 Å². The van der Waals surface area contributed by atoms with Crippen LogP contribution in [0.3, 0.4) is 0 Å². The van der Waals surface area contributed by atoms with Gasteiger partial charge in [0.1, 0.15) is 18.1 Å². The Hall–Kier alpha value is -2.06. The number of quaternary nitrogens is 1. The quantitative estimate of drug-likeness (QED) is 0.574. The number of thiazole rings is 1. The molecule has 0 saturated carbocycles. The largest absolute Gasteiger partial charge is 0.370 e. The van der Waals surface area contributed by atoms with Crippen molar-refractivity contribution in [1.82, 2.24) is 10.3 Å². The molecular weight excluding hydrogens is 376 g/mol. The molecule has 1 aromatic heterocycles. The minimum atomic E-state index is 0.662. The Morgan fingerprint density at radius 2 is 1.89 bits per heavy atom. The van der Waals surface area contributed by atoms with E-state index in [1.165, 1.54) is 4.70 Å². The molecule has 0 aliphatic carbocycles. The number of hydrogen-bond donors (Lipinski definition) is 3. The summed E-state index contributed by atoms with van der Waals surface area (Å²) in [5.74, 6) is 0. The van der Waals surface area contributed by atoms with Crippen molar-refractivity contribution in [3.8, 4) is 10.6 Å². The Balaban J connectivity index is 1.30. The fourth-order valence-electron chi connectivity index (χ4n) is 3.13. The summed E-state index contributed by atoms with van der Waals surface area (Å²) < 4.78 is 6.59. The van der Waals surface area contributed by atoms with Gasteiger partial charge in [-0.05, 0) is 48.6 Å². The van der Waals surface area contributed by atoms with Crippen molar-refractivity contribution in [2.45, 2.75) is 0 Å². The van der Waals surface area contributed by atoms with Crippen LogP contribution in [0.1, 0.15) is 0 Å². The molecule has 1 fully saturated rings. The minimum absolute atomic E-state index is 0.662. The first-order valence-electron chi connectivity index (χ1n) is 9.20. The van der Waals surface area contributed by atoms with Crippen LogP contribution in [0.2, 0.25) is 0 Å². The monoisotopic (exact) mass is 399 g/mol. The van der Waals surface area contributed by atoms with E-state index in [0.717, 1.165) is 61.2 Å². The second kappa shape index (κ2) is 8.75. The van der Waals surface area contributed by atoms with Gasteiger partial charge in [0, 0.05) is 11.3 Å². The lowest BCUT2D eigenvalue weighted by Crippen LogP contribution is -3.14. The third kappa shape index (κ3) is 4.81. The molecule has 0 radical (unpaired) electrons. The molecule has 0 amide bonds. The molecule has 2 heterocycles. The summed E-state index contributed by atoms with van der Waals surface area (Å²) in [6.07, 6.45) is 0. The summed E-state index contributed by atoms with van der Waals surface area (Å²) >= 11 is 7.12. The van der Waals surface area contributed by atoms with Gasteiger partial charge in [0.2, 0.25) is 0 Å². The van der Waals surface area contributed by atoms with E-state index >= 15 is 0 Å². The van der Waals surface area contributed by atoms with Gasteiger partial charge < -0.3 is 20.3 Å². The molecule has 1 saturated heterocycles. The van der Waals surface area contributed by atoms with Gasteiger partial charge in [-0.15, -0.1) is 11.3 Å². The Bertz CT molecular complexity index is 871. The van der Waals surface area contributed by atoms with E-state index in [4.69, 9.17) is 21.9 Å². The molecule has 5 nitrogen and oxygen atoms in total. The van der Waals surface area contributed by atoms with Crippen molar-refractivity contribution in [2.75, 3.05) is 44.7 Å². The standard InChI is InChI=1S/C20H22N4OS2/c26-20(21-9-10-24-11-13-25-14-12-24)22-16-7-5-15(6-8-16)19-23-17-3-1-2-4-18(17)27-19/h1-8H,9-14H2,(H2,21,22,26)/p+1. The van der Waals surface area contributed by atoms with E-state index in [2.05, 4.69) is 28.8 Å². The zero-order chi connectivity index (χ0) is 18.5. The third-order valence-corrected chi connectivity index (χ3v) is 5.98. The van der Waals surface area contributed by atoms with E-state index in [9.17, 15) is 0 Å². The Kier molecular flexibility index (Phi) is 5.94. The lowest BCUT2D eigenvalue weighted by molar-refractivity contribution is -0.906. The van der Waals surface area contributed by atoms with Crippen LogP contribution >= 0.6 is 23.6 Å². The van der Waals surface area contributed by atoms with Crippen LogP contribution in [-0.4, -0.2) is 49.5 Å². The van der Waals surface area contributed by atoms with Crippen molar-refractivity contribution in [1.29, 1.82) is 0 Å². The van der Waals surface area contributed by atoms with E-state index in [0.29, 0.717) is 5.11 Å². The van der Waals surface area contributed by atoms with Crippen LogP contribution in [0.25, 0.3) is 20.8 Å². The summed E-state index contributed by atoms with van der Waals surface area (Å²) in [5.41, 5.74) is 3.15.